The van der Waals surface area contributed by atoms with Crippen LogP contribution in [0.25, 0.3) is 0 Å². The van der Waals surface area contributed by atoms with Crippen molar-refractivity contribution in [1.29, 1.82) is 0 Å². The van der Waals surface area contributed by atoms with Crippen molar-refractivity contribution >= 4 is 23.4 Å². The van der Waals surface area contributed by atoms with Gasteiger partial charge in [-0.2, -0.15) is 0 Å². The minimum atomic E-state index is -0.155. The van der Waals surface area contributed by atoms with Gasteiger partial charge in [0.2, 0.25) is 5.91 Å². The smallest absolute Gasteiger partial charge is 0.274 e. The predicted molar refractivity (Wildman–Crippen MR) is 104 cm³/mol. The summed E-state index contributed by atoms with van der Waals surface area (Å²) >= 11 is 6.19. The van der Waals surface area contributed by atoms with Crippen molar-refractivity contribution in [2.45, 2.75) is 51.5 Å². The summed E-state index contributed by atoms with van der Waals surface area (Å²) in [4.78, 5) is 35.5. The van der Waals surface area contributed by atoms with Gasteiger partial charge >= 0.3 is 0 Å². The van der Waals surface area contributed by atoms with E-state index < -0.39 is 0 Å². The lowest BCUT2D eigenvalue weighted by atomic mass is 9.97. The third-order valence-corrected chi connectivity index (χ3v) is 5.51. The number of carbonyl (C=O) groups excluding carboxylic acids is 2. The van der Waals surface area contributed by atoms with E-state index in [4.69, 9.17) is 11.6 Å². The summed E-state index contributed by atoms with van der Waals surface area (Å²) in [6.07, 6.45) is 5.35. The van der Waals surface area contributed by atoms with E-state index in [1.54, 1.807) is 4.90 Å². The molecular weight excluding hydrogens is 366 g/mol. The normalized spacial score (nSPS) is 22.9. The van der Waals surface area contributed by atoms with Gasteiger partial charge in [0.05, 0.1) is 17.3 Å². The topological polar surface area (TPSA) is 87.2 Å². The molecule has 0 bridgehead atoms. The summed E-state index contributed by atoms with van der Waals surface area (Å²) in [6.45, 7) is 6.75. The van der Waals surface area contributed by atoms with Crippen molar-refractivity contribution in [3.63, 3.8) is 0 Å². The molecule has 0 spiro atoms. The zero-order valence-electron chi connectivity index (χ0n) is 16.0. The first-order valence-electron chi connectivity index (χ1n) is 9.78. The van der Waals surface area contributed by atoms with E-state index in [1.807, 2.05) is 13.8 Å². The Bertz CT molecular complexity index is 691. The van der Waals surface area contributed by atoms with Gasteiger partial charge < -0.3 is 15.5 Å². The number of halogens is 1. The lowest BCUT2D eigenvalue weighted by Gasteiger charge is -2.33. The van der Waals surface area contributed by atoms with Crippen LogP contribution >= 0.6 is 11.6 Å². The molecule has 0 saturated carbocycles. The van der Waals surface area contributed by atoms with Crippen LogP contribution in [0.2, 0.25) is 5.02 Å². The van der Waals surface area contributed by atoms with E-state index in [-0.39, 0.29) is 40.4 Å². The van der Waals surface area contributed by atoms with E-state index in [0.717, 1.165) is 32.2 Å². The largest absolute Gasteiger partial charge is 0.354 e. The molecule has 3 heterocycles. The molecule has 0 aliphatic carbocycles. The minimum absolute atomic E-state index is 0.0661. The van der Waals surface area contributed by atoms with E-state index in [9.17, 15) is 9.59 Å². The highest BCUT2D eigenvalue weighted by Crippen LogP contribution is 2.22. The summed E-state index contributed by atoms with van der Waals surface area (Å²) < 4.78 is 0. The zero-order valence-corrected chi connectivity index (χ0v) is 16.8. The van der Waals surface area contributed by atoms with Crippen molar-refractivity contribution in [3.8, 4) is 0 Å². The maximum Gasteiger partial charge on any atom is 0.274 e. The van der Waals surface area contributed by atoms with Crippen LogP contribution in [0.1, 0.15) is 61.8 Å². The number of rotatable bonds is 5. The van der Waals surface area contributed by atoms with Gasteiger partial charge in [-0.25, -0.2) is 9.97 Å². The van der Waals surface area contributed by atoms with Gasteiger partial charge in [0.15, 0.2) is 5.69 Å². The fourth-order valence-corrected chi connectivity index (χ4v) is 3.82. The molecule has 2 aliphatic heterocycles. The average molecular weight is 394 g/mol. The Hall–Kier alpha value is -1.73. The molecular formula is C19H28ClN5O2. The van der Waals surface area contributed by atoms with Crippen LogP contribution in [0.15, 0.2) is 6.20 Å². The van der Waals surface area contributed by atoms with E-state index in [2.05, 4.69) is 20.6 Å². The summed E-state index contributed by atoms with van der Waals surface area (Å²) in [7, 11) is 0. The zero-order chi connectivity index (χ0) is 19.4. The van der Waals surface area contributed by atoms with Gasteiger partial charge in [0.25, 0.3) is 5.91 Å². The van der Waals surface area contributed by atoms with E-state index in [1.165, 1.54) is 6.20 Å². The maximum atomic E-state index is 12.9. The summed E-state index contributed by atoms with van der Waals surface area (Å²) in [5.74, 6) is 0.905. The van der Waals surface area contributed by atoms with E-state index in [0.29, 0.717) is 25.5 Å². The average Bonchev–Trinajstić information content (AvgIpc) is 3.21. The monoisotopic (exact) mass is 393 g/mol. The number of hydrogen-bond donors (Lipinski definition) is 2. The number of piperidine rings is 1. The Morgan fingerprint density at radius 3 is 2.89 bits per heavy atom. The van der Waals surface area contributed by atoms with Gasteiger partial charge in [-0.1, -0.05) is 25.4 Å². The van der Waals surface area contributed by atoms with Crippen LogP contribution in [0.3, 0.4) is 0 Å². The molecule has 3 rings (SSSR count). The molecule has 2 aliphatic rings. The number of nitrogens with one attached hydrogen (secondary N) is 2. The third-order valence-electron chi connectivity index (χ3n) is 5.23. The first kappa shape index (κ1) is 20.0. The van der Waals surface area contributed by atoms with Crippen LogP contribution in [0.4, 0.5) is 0 Å². The fourth-order valence-electron chi connectivity index (χ4n) is 3.65. The summed E-state index contributed by atoms with van der Waals surface area (Å²) in [5.41, 5.74) is 0.273. The Morgan fingerprint density at radius 2 is 2.19 bits per heavy atom. The second kappa shape index (κ2) is 8.97. The second-order valence-electron chi connectivity index (χ2n) is 7.73. The van der Waals surface area contributed by atoms with Gasteiger partial charge in [0, 0.05) is 25.6 Å². The maximum absolute atomic E-state index is 12.9. The lowest BCUT2D eigenvalue weighted by molar-refractivity contribution is -0.123. The SMILES string of the molecule is CC(C)c1ncc(Cl)c(C(=O)N2CCCC(CNC(=O)C3CCCN3)C2)n1. The van der Waals surface area contributed by atoms with Crippen LogP contribution in [0, 0.1) is 5.92 Å². The first-order valence-corrected chi connectivity index (χ1v) is 10.2. The van der Waals surface area contributed by atoms with Crippen LogP contribution in [0.5, 0.6) is 0 Å². The lowest BCUT2D eigenvalue weighted by Crippen LogP contribution is -2.47. The molecule has 8 heteroatoms. The molecule has 2 unspecified atom stereocenters. The highest BCUT2D eigenvalue weighted by Gasteiger charge is 2.28. The Balaban J connectivity index is 1.59. The fraction of sp³-hybridized carbons (Fsp3) is 0.684. The molecule has 1 aromatic heterocycles. The van der Waals surface area contributed by atoms with Crippen molar-refractivity contribution < 1.29 is 9.59 Å². The Morgan fingerprint density at radius 1 is 1.37 bits per heavy atom. The highest BCUT2D eigenvalue weighted by molar-refractivity contribution is 6.33. The van der Waals surface area contributed by atoms with Crippen molar-refractivity contribution in [2.75, 3.05) is 26.2 Å². The molecule has 2 fully saturated rings. The molecule has 7 nitrogen and oxygen atoms in total. The Labute approximate surface area is 165 Å². The van der Waals surface area contributed by atoms with Crippen LogP contribution < -0.4 is 10.6 Å². The number of hydrogen-bond acceptors (Lipinski definition) is 5. The molecule has 27 heavy (non-hydrogen) atoms. The summed E-state index contributed by atoms with van der Waals surface area (Å²) in [5, 5.41) is 6.53. The number of aromatic nitrogens is 2. The van der Waals surface area contributed by atoms with E-state index >= 15 is 0 Å². The Kier molecular flexibility index (Phi) is 6.65. The van der Waals surface area contributed by atoms with Gasteiger partial charge in [-0.3, -0.25) is 9.59 Å². The first-order chi connectivity index (χ1) is 13.0. The minimum Gasteiger partial charge on any atom is -0.354 e. The number of likely N-dealkylation sites (tertiary alicyclic amines) is 1. The predicted octanol–water partition coefficient (Wildman–Crippen LogP) is 1.97. The highest BCUT2D eigenvalue weighted by atomic mass is 35.5. The number of nitrogens with zero attached hydrogens (tertiary/aromatic N) is 3. The second-order valence-corrected chi connectivity index (χ2v) is 8.14. The quantitative estimate of drug-likeness (QED) is 0.798. The van der Waals surface area contributed by atoms with Crippen LogP contribution in [-0.4, -0.2) is 58.9 Å². The third kappa shape index (κ3) is 4.96. The standard InChI is InChI=1S/C19H28ClN5O2/c1-12(2)17-22-10-14(20)16(24-17)19(27)25-8-4-5-13(11-25)9-23-18(26)15-6-3-7-21-15/h10,12-13,15,21H,3-9,11H2,1-2H3,(H,23,26). The van der Waals surface area contributed by atoms with Gasteiger partial charge in [-0.05, 0) is 38.1 Å². The van der Waals surface area contributed by atoms with Crippen molar-refractivity contribution in [3.05, 3.63) is 22.7 Å². The molecule has 2 saturated heterocycles. The van der Waals surface area contributed by atoms with Gasteiger partial charge in [0.1, 0.15) is 5.82 Å². The molecule has 2 atom stereocenters. The van der Waals surface area contributed by atoms with Crippen molar-refractivity contribution in [1.82, 2.24) is 25.5 Å². The number of carbonyl (C=O) groups is 2. The van der Waals surface area contributed by atoms with Crippen molar-refractivity contribution in [2.24, 2.45) is 5.92 Å². The summed E-state index contributed by atoms with van der Waals surface area (Å²) in [6, 6.07) is -0.0689. The molecule has 1 aromatic rings. The van der Waals surface area contributed by atoms with Gasteiger partial charge in [-0.15, -0.1) is 0 Å². The molecule has 0 radical (unpaired) electrons. The van der Waals surface area contributed by atoms with Crippen LogP contribution in [-0.2, 0) is 4.79 Å². The number of amides is 2. The molecule has 0 aromatic carbocycles. The molecule has 148 valence electrons. The molecule has 2 amide bonds. The molecule has 2 N–H and O–H groups in total.